The summed E-state index contributed by atoms with van der Waals surface area (Å²) in [5.74, 6) is 0. The Hall–Kier alpha value is -1.31. The van der Waals surface area contributed by atoms with Gasteiger partial charge in [-0.15, -0.1) is 23.1 Å². The van der Waals surface area contributed by atoms with Crippen LogP contribution < -0.4 is 5.73 Å². The largest absolute Gasteiger partial charge is 0.399 e. The molecule has 0 radical (unpaired) electrons. The van der Waals surface area contributed by atoms with Crippen molar-refractivity contribution in [2.45, 2.75) is 14.4 Å². The zero-order valence-electron chi connectivity index (χ0n) is 10.0. The normalized spacial score (nSPS) is 11.0. The molecule has 4 nitrogen and oxygen atoms in total. The first-order chi connectivity index (χ1) is 9.24. The molecule has 0 amide bonds. The van der Waals surface area contributed by atoms with Crippen molar-refractivity contribution in [1.29, 1.82) is 0 Å². The molecule has 2 N–H and O–H groups in total. The summed E-state index contributed by atoms with van der Waals surface area (Å²) >= 11 is 4.78. The van der Waals surface area contributed by atoms with Gasteiger partial charge >= 0.3 is 0 Å². The van der Waals surface area contributed by atoms with Crippen LogP contribution in [-0.4, -0.2) is 21.2 Å². The summed E-state index contributed by atoms with van der Waals surface area (Å²) in [6.07, 6.45) is 3.58. The van der Waals surface area contributed by atoms with E-state index in [2.05, 4.69) is 15.0 Å². The Balaban J connectivity index is 1.92. The Morgan fingerprint density at radius 2 is 2.00 bits per heavy atom. The second-order valence-corrected chi connectivity index (χ2v) is 6.83. The van der Waals surface area contributed by atoms with Crippen LogP contribution in [0.2, 0.25) is 0 Å². The minimum absolute atomic E-state index is 0.763. The van der Waals surface area contributed by atoms with Gasteiger partial charge in [0.05, 0.1) is 10.2 Å². The third-order valence-electron chi connectivity index (χ3n) is 2.41. The van der Waals surface area contributed by atoms with Crippen molar-refractivity contribution < 1.29 is 0 Å². The van der Waals surface area contributed by atoms with Gasteiger partial charge in [0.2, 0.25) is 0 Å². The molecule has 0 aliphatic carbocycles. The van der Waals surface area contributed by atoms with E-state index in [9.17, 15) is 0 Å². The fourth-order valence-electron chi connectivity index (χ4n) is 1.54. The molecule has 0 aliphatic heterocycles. The summed E-state index contributed by atoms with van der Waals surface area (Å²) in [7, 11) is 0. The fourth-order valence-corrected chi connectivity index (χ4v) is 4.03. The highest BCUT2D eigenvalue weighted by molar-refractivity contribution is 8.01. The predicted molar refractivity (Wildman–Crippen MR) is 82.0 cm³/mol. The molecule has 0 fully saturated rings. The summed E-state index contributed by atoms with van der Waals surface area (Å²) in [4.78, 5) is 13.0. The summed E-state index contributed by atoms with van der Waals surface area (Å²) in [5, 5.41) is 1.87. The minimum atomic E-state index is 0.763. The van der Waals surface area contributed by atoms with Gasteiger partial charge in [0.25, 0.3) is 0 Å². The van der Waals surface area contributed by atoms with Crippen LogP contribution in [0.15, 0.2) is 45.0 Å². The van der Waals surface area contributed by atoms with Gasteiger partial charge in [0.15, 0.2) is 4.34 Å². The summed E-state index contributed by atoms with van der Waals surface area (Å²) < 4.78 is 2.06. The van der Waals surface area contributed by atoms with Gasteiger partial charge in [-0.2, -0.15) is 0 Å². The van der Waals surface area contributed by atoms with Crippen molar-refractivity contribution in [3.63, 3.8) is 0 Å². The number of anilines is 1. The van der Waals surface area contributed by atoms with Crippen LogP contribution in [0, 0.1) is 0 Å². The minimum Gasteiger partial charge on any atom is -0.399 e. The van der Waals surface area contributed by atoms with Gasteiger partial charge in [-0.05, 0) is 36.2 Å². The monoisotopic (exact) mass is 306 g/mol. The summed E-state index contributed by atoms with van der Waals surface area (Å²) in [5.41, 5.74) is 7.51. The van der Waals surface area contributed by atoms with Crippen LogP contribution in [0.25, 0.3) is 10.2 Å². The Morgan fingerprint density at radius 3 is 2.84 bits per heavy atom. The summed E-state index contributed by atoms with van der Waals surface area (Å²) in [6, 6.07) is 7.73. The number of rotatable bonds is 3. The van der Waals surface area contributed by atoms with E-state index in [-0.39, 0.29) is 0 Å². The molecule has 0 spiro atoms. The maximum absolute atomic E-state index is 5.77. The fraction of sp³-hybridized carbons (Fsp3) is 0.0833. The predicted octanol–water partition coefficient (Wildman–Crippen LogP) is 3.54. The van der Waals surface area contributed by atoms with Crippen molar-refractivity contribution in [1.82, 2.24) is 15.0 Å². The van der Waals surface area contributed by atoms with Crippen LogP contribution in [-0.2, 0) is 0 Å². The van der Waals surface area contributed by atoms with Crippen molar-refractivity contribution in [3.8, 4) is 0 Å². The van der Waals surface area contributed by atoms with Gasteiger partial charge in [-0.25, -0.2) is 15.0 Å². The highest BCUT2D eigenvalue weighted by atomic mass is 32.2. The average molecular weight is 306 g/mol. The van der Waals surface area contributed by atoms with Gasteiger partial charge in [0.1, 0.15) is 16.4 Å². The third-order valence-corrected chi connectivity index (χ3v) is 5.06. The van der Waals surface area contributed by atoms with Crippen LogP contribution in [0.4, 0.5) is 5.69 Å². The number of hydrogen-bond donors (Lipinski definition) is 1. The van der Waals surface area contributed by atoms with Crippen molar-refractivity contribution in [2.75, 3.05) is 12.0 Å². The van der Waals surface area contributed by atoms with E-state index in [1.165, 1.54) is 0 Å². The quantitative estimate of drug-likeness (QED) is 0.453. The number of benzene rings is 1. The Kier molecular flexibility index (Phi) is 3.58. The zero-order chi connectivity index (χ0) is 13.2. The first-order valence-corrected chi connectivity index (χ1v) is 8.30. The lowest BCUT2D eigenvalue weighted by Crippen LogP contribution is -1.84. The van der Waals surface area contributed by atoms with E-state index in [0.29, 0.717) is 0 Å². The molecule has 1 aromatic carbocycles. The molecule has 96 valence electrons. The number of nitrogens with two attached hydrogens (primary N) is 1. The second-order valence-electron chi connectivity index (χ2n) is 3.71. The molecule has 19 heavy (non-hydrogen) atoms. The molecule has 0 saturated carbocycles. The first-order valence-electron chi connectivity index (χ1n) is 5.44. The SMILES string of the molecule is CSc1cc(Sc2nc3ccc(N)cc3s2)ncn1. The van der Waals surface area contributed by atoms with Crippen LogP contribution >= 0.6 is 34.9 Å². The number of fused-ring (bicyclic) bond motifs is 1. The van der Waals surface area contributed by atoms with E-state index in [4.69, 9.17) is 5.73 Å². The molecule has 0 atom stereocenters. The van der Waals surface area contributed by atoms with Crippen LogP contribution in [0.1, 0.15) is 0 Å². The maximum atomic E-state index is 5.77. The maximum Gasteiger partial charge on any atom is 0.157 e. The molecule has 2 heterocycles. The van der Waals surface area contributed by atoms with E-state index in [0.717, 1.165) is 30.3 Å². The van der Waals surface area contributed by atoms with E-state index in [1.807, 2.05) is 30.5 Å². The van der Waals surface area contributed by atoms with E-state index < -0.39 is 0 Å². The van der Waals surface area contributed by atoms with Crippen LogP contribution in [0.5, 0.6) is 0 Å². The Labute approximate surface area is 122 Å². The Bertz CT molecular complexity index is 726. The van der Waals surface area contributed by atoms with Crippen molar-refractivity contribution >= 4 is 50.8 Å². The Morgan fingerprint density at radius 1 is 1.16 bits per heavy atom. The number of nitrogen functional groups attached to an aromatic ring is 1. The van der Waals surface area contributed by atoms with Crippen molar-refractivity contribution in [2.24, 2.45) is 0 Å². The zero-order valence-corrected chi connectivity index (χ0v) is 12.5. The molecule has 0 bridgehead atoms. The van der Waals surface area contributed by atoms with E-state index in [1.54, 1.807) is 41.2 Å². The molecule has 3 aromatic rings. The number of thiazole rings is 1. The van der Waals surface area contributed by atoms with Crippen LogP contribution in [0.3, 0.4) is 0 Å². The third kappa shape index (κ3) is 2.83. The molecular weight excluding hydrogens is 296 g/mol. The second kappa shape index (κ2) is 5.36. The number of nitrogens with zero attached hydrogens (tertiary/aromatic N) is 3. The lowest BCUT2D eigenvalue weighted by Gasteiger charge is -1.98. The molecule has 2 aromatic heterocycles. The van der Waals surface area contributed by atoms with Gasteiger partial charge < -0.3 is 5.73 Å². The average Bonchev–Trinajstić information content (AvgIpc) is 2.80. The van der Waals surface area contributed by atoms with Crippen molar-refractivity contribution in [3.05, 3.63) is 30.6 Å². The lowest BCUT2D eigenvalue weighted by molar-refractivity contribution is 0.964. The van der Waals surface area contributed by atoms with Gasteiger partial charge in [-0.3, -0.25) is 0 Å². The highest BCUT2D eigenvalue weighted by Crippen LogP contribution is 2.34. The standard InChI is InChI=1S/C12H10N4S3/c1-17-10-5-11(15-6-14-10)19-12-16-8-3-2-7(13)4-9(8)18-12/h2-6H,13H2,1H3. The topological polar surface area (TPSA) is 64.7 Å². The first kappa shape index (κ1) is 12.7. The molecule has 0 aliphatic rings. The number of hydrogen-bond acceptors (Lipinski definition) is 7. The molecule has 0 unspecified atom stereocenters. The highest BCUT2D eigenvalue weighted by Gasteiger charge is 2.07. The smallest absolute Gasteiger partial charge is 0.157 e. The number of aromatic nitrogens is 3. The molecule has 3 rings (SSSR count). The molecule has 0 saturated heterocycles. The summed E-state index contributed by atoms with van der Waals surface area (Å²) in [6.45, 7) is 0. The van der Waals surface area contributed by atoms with E-state index >= 15 is 0 Å². The van der Waals surface area contributed by atoms with Gasteiger partial charge in [0, 0.05) is 11.8 Å². The molecule has 7 heteroatoms. The van der Waals surface area contributed by atoms with Gasteiger partial charge in [-0.1, -0.05) is 0 Å². The lowest BCUT2D eigenvalue weighted by atomic mass is 10.3. The molecular formula is C12H10N4S3. The number of thioether (sulfide) groups is 1.